The lowest BCUT2D eigenvalue weighted by Crippen LogP contribution is -2.33. The highest BCUT2D eigenvalue weighted by atomic mass is 19.3. The van der Waals surface area contributed by atoms with Gasteiger partial charge in [-0.2, -0.15) is 4.98 Å². The summed E-state index contributed by atoms with van der Waals surface area (Å²) < 4.78 is 28.2. The van der Waals surface area contributed by atoms with Gasteiger partial charge in [0.05, 0.1) is 11.9 Å². The van der Waals surface area contributed by atoms with Gasteiger partial charge in [0.1, 0.15) is 11.5 Å². The number of hydrogen-bond acceptors (Lipinski definition) is 7. The zero-order valence-corrected chi connectivity index (χ0v) is 39.4. The number of fused-ring (bicyclic) bond motifs is 2. The smallest absolute Gasteiger partial charge is 0.269 e. The van der Waals surface area contributed by atoms with Gasteiger partial charge in [0.15, 0.2) is 0 Å². The number of rotatable bonds is 6. The van der Waals surface area contributed by atoms with Gasteiger partial charge in [-0.15, -0.1) is 0 Å². The molecule has 3 aliphatic rings. The summed E-state index contributed by atoms with van der Waals surface area (Å²) in [4.78, 5) is 31.0. The van der Waals surface area contributed by atoms with Crippen molar-refractivity contribution in [2.75, 3.05) is 50.0 Å². The highest BCUT2D eigenvalue weighted by molar-refractivity contribution is 5.93. The summed E-state index contributed by atoms with van der Waals surface area (Å²) in [6, 6.07) is 3.93. The Morgan fingerprint density at radius 2 is 1.19 bits per heavy atom. The SMILES string of the molecule is CNC(=O)c1ncc(Nc2nccc(N3CCCCN(C[C@H]4CC4(F)F)CCCCCCCCCCCCCCCCCCCCCCCCCCC4CC[C@H](C4)C3)n2)cc1C. The Kier molecular flexibility index (Phi) is 23.3. The van der Waals surface area contributed by atoms with Crippen molar-refractivity contribution >= 4 is 23.4 Å². The third-order valence-electron chi connectivity index (χ3n) is 14.3. The van der Waals surface area contributed by atoms with Crippen molar-refractivity contribution in [2.45, 2.75) is 212 Å². The molecule has 5 rings (SSSR count). The van der Waals surface area contributed by atoms with E-state index in [-0.39, 0.29) is 12.3 Å². The molecule has 2 aromatic rings. The lowest BCUT2D eigenvalue weighted by Gasteiger charge is -2.28. The maximum atomic E-state index is 14.1. The minimum absolute atomic E-state index is 0.0532. The first-order valence-corrected chi connectivity index (χ1v) is 25.9. The number of nitrogens with zero attached hydrogens (tertiary/aromatic N) is 5. The largest absolute Gasteiger partial charge is 0.356 e. The molecule has 2 N–H and O–H groups in total. The molecule has 10 heteroatoms. The van der Waals surface area contributed by atoms with Crippen molar-refractivity contribution in [3.05, 3.63) is 35.8 Å². The molecule has 3 heterocycles. The van der Waals surface area contributed by atoms with E-state index in [1.54, 1.807) is 13.2 Å². The van der Waals surface area contributed by atoms with Crippen LogP contribution in [-0.2, 0) is 0 Å². The molecule has 1 unspecified atom stereocenters. The van der Waals surface area contributed by atoms with Crippen LogP contribution in [0.1, 0.15) is 215 Å². The fraction of sp³-hybridized carbons (Fsp3) is 0.808. The minimum Gasteiger partial charge on any atom is -0.356 e. The van der Waals surface area contributed by atoms with Crippen LogP contribution in [0.3, 0.4) is 0 Å². The van der Waals surface area contributed by atoms with E-state index in [1.165, 1.54) is 173 Å². The summed E-state index contributed by atoms with van der Waals surface area (Å²) in [6.45, 7) is 6.07. The Labute approximate surface area is 376 Å². The maximum absolute atomic E-state index is 14.1. The lowest BCUT2D eigenvalue weighted by atomic mass is 9.97. The maximum Gasteiger partial charge on any atom is 0.269 e. The average molecular weight is 864 g/mol. The van der Waals surface area contributed by atoms with E-state index >= 15 is 0 Å². The average Bonchev–Trinajstić information content (AvgIpc) is 3.61. The summed E-state index contributed by atoms with van der Waals surface area (Å²) in [5.74, 6) is -0.265. The highest BCUT2D eigenvalue weighted by Crippen LogP contribution is 2.49. The molecule has 1 saturated heterocycles. The summed E-state index contributed by atoms with van der Waals surface area (Å²) in [6.07, 6.45) is 43.8. The van der Waals surface area contributed by atoms with Crippen molar-refractivity contribution in [1.29, 1.82) is 0 Å². The molecule has 2 saturated carbocycles. The molecule has 0 aromatic carbocycles. The Balaban J connectivity index is 1.15. The Bertz CT molecular complexity index is 1530. The molecule has 62 heavy (non-hydrogen) atoms. The predicted molar refractivity (Wildman–Crippen MR) is 255 cm³/mol. The van der Waals surface area contributed by atoms with E-state index in [1.807, 2.05) is 25.3 Å². The normalized spacial score (nSPS) is 25.1. The molecular formula is C52H87F2N7O. The van der Waals surface area contributed by atoms with Gasteiger partial charge < -0.3 is 20.4 Å². The van der Waals surface area contributed by atoms with E-state index in [4.69, 9.17) is 4.98 Å². The molecule has 8 nitrogen and oxygen atoms in total. The standard InChI is InChI=1S/C52H87F2N7O/c1-43-37-47(40-57-49(43)50(62)55-2)58-51-56-33-32-48(59-51)61-36-28-27-35-60(42-46-39-52(46,53)54)34-26-24-22-20-18-16-14-12-10-8-6-4-3-5-7-9-11-13-15-17-19-21-23-25-29-44-30-31-45(38-44)41-61/h32-33,37,40,44-46H,3-31,34-36,38-39,41-42H2,1-2H3,(H,55,62)(H,56,58,59)/t44?,45-,46-/m1/s1. The summed E-state index contributed by atoms with van der Waals surface area (Å²) >= 11 is 0. The van der Waals surface area contributed by atoms with Crippen molar-refractivity contribution < 1.29 is 13.6 Å². The van der Waals surface area contributed by atoms with Gasteiger partial charge in [-0.1, -0.05) is 161 Å². The van der Waals surface area contributed by atoms with Gasteiger partial charge in [-0.25, -0.2) is 18.7 Å². The zero-order chi connectivity index (χ0) is 43.7. The van der Waals surface area contributed by atoms with Gasteiger partial charge in [-0.3, -0.25) is 4.79 Å². The molecule has 2 bridgehead atoms. The molecule has 0 spiro atoms. The van der Waals surface area contributed by atoms with E-state index in [0.29, 0.717) is 24.1 Å². The number of halogens is 2. The van der Waals surface area contributed by atoms with E-state index in [2.05, 4.69) is 30.4 Å². The molecule has 0 radical (unpaired) electrons. The fourth-order valence-electron chi connectivity index (χ4n) is 10.3. The van der Waals surface area contributed by atoms with Crippen LogP contribution in [0.15, 0.2) is 24.5 Å². The Morgan fingerprint density at radius 1 is 0.694 bits per heavy atom. The topological polar surface area (TPSA) is 86.3 Å². The number of alkyl halides is 2. The molecule has 3 atom stereocenters. The lowest BCUT2D eigenvalue weighted by molar-refractivity contribution is 0.0865. The van der Waals surface area contributed by atoms with Gasteiger partial charge in [0.25, 0.3) is 11.8 Å². The number of carbonyl (C=O) groups excluding carboxylic acids is 1. The number of nitrogens with one attached hydrogen (secondary N) is 2. The zero-order valence-electron chi connectivity index (χ0n) is 39.4. The first-order valence-electron chi connectivity index (χ1n) is 25.9. The molecule has 1 amide bonds. The number of carbonyl (C=O) groups is 1. The number of amides is 1. The van der Waals surface area contributed by atoms with Crippen LogP contribution in [0.4, 0.5) is 26.2 Å². The van der Waals surface area contributed by atoms with Crippen LogP contribution in [0.2, 0.25) is 0 Å². The third-order valence-corrected chi connectivity index (χ3v) is 14.3. The van der Waals surface area contributed by atoms with Crippen LogP contribution in [0, 0.1) is 24.7 Å². The van der Waals surface area contributed by atoms with E-state index in [0.717, 1.165) is 68.4 Å². The second kappa shape index (κ2) is 28.8. The van der Waals surface area contributed by atoms with Crippen LogP contribution in [0.25, 0.3) is 0 Å². The number of anilines is 3. The summed E-state index contributed by atoms with van der Waals surface area (Å²) in [5, 5.41) is 5.98. The third kappa shape index (κ3) is 19.5. The van der Waals surface area contributed by atoms with Crippen molar-refractivity contribution in [3.63, 3.8) is 0 Å². The quantitative estimate of drug-likeness (QED) is 0.299. The van der Waals surface area contributed by atoms with Crippen molar-refractivity contribution in [3.8, 4) is 0 Å². The Morgan fingerprint density at radius 3 is 1.73 bits per heavy atom. The van der Waals surface area contributed by atoms with Gasteiger partial charge in [0.2, 0.25) is 5.95 Å². The van der Waals surface area contributed by atoms with Crippen LogP contribution < -0.4 is 15.5 Å². The second-order valence-electron chi connectivity index (χ2n) is 19.8. The van der Waals surface area contributed by atoms with Gasteiger partial charge in [-0.05, 0) is 81.6 Å². The van der Waals surface area contributed by atoms with Crippen LogP contribution >= 0.6 is 0 Å². The number of aromatic nitrogens is 3. The van der Waals surface area contributed by atoms with E-state index in [9.17, 15) is 13.6 Å². The fourth-order valence-corrected chi connectivity index (χ4v) is 10.3. The molecule has 2 aliphatic carbocycles. The minimum atomic E-state index is -2.47. The van der Waals surface area contributed by atoms with E-state index < -0.39 is 11.8 Å². The second-order valence-corrected chi connectivity index (χ2v) is 19.8. The van der Waals surface area contributed by atoms with Crippen LogP contribution in [-0.4, -0.2) is 71.5 Å². The summed E-state index contributed by atoms with van der Waals surface area (Å²) in [5.41, 5.74) is 1.92. The molecule has 2 aromatic heterocycles. The van der Waals surface area contributed by atoms with Gasteiger partial charge in [0, 0.05) is 45.2 Å². The first kappa shape index (κ1) is 50.1. The van der Waals surface area contributed by atoms with Crippen LogP contribution in [0.5, 0.6) is 0 Å². The molecule has 3 fully saturated rings. The monoisotopic (exact) mass is 864 g/mol. The van der Waals surface area contributed by atoms with Crippen molar-refractivity contribution in [2.24, 2.45) is 17.8 Å². The first-order chi connectivity index (χ1) is 30.3. The van der Waals surface area contributed by atoms with Gasteiger partial charge >= 0.3 is 0 Å². The predicted octanol–water partition coefficient (Wildman–Crippen LogP) is 14.0. The molecular weight excluding hydrogens is 777 g/mol. The highest BCUT2D eigenvalue weighted by Gasteiger charge is 2.56. The van der Waals surface area contributed by atoms with Crippen molar-refractivity contribution in [1.82, 2.24) is 25.2 Å². The number of aryl methyl sites for hydroxylation is 1. The Hall–Kier alpha value is -2.88. The summed E-state index contributed by atoms with van der Waals surface area (Å²) in [7, 11) is 1.61. The number of pyridine rings is 1. The number of hydrogen-bond donors (Lipinski definition) is 2. The molecule has 1 aliphatic heterocycles. The molecule has 350 valence electrons.